The first kappa shape index (κ1) is 13.5. The van der Waals surface area contributed by atoms with Crippen LogP contribution in [0.1, 0.15) is 45.1 Å². The predicted molar refractivity (Wildman–Crippen MR) is 71.8 cm³/mol. The smallest absolute Gasteiger partial charge is 0.123 e. The second kappa shape index (κ2) is 5.40. The molecule has 0 amide bonds. The van der Waals surface area contributed by atoms with E-state index in [-0.39, 0.29) is 5.82 Å². The van der Waals surface area contributed by atoms with E-state index in [9.17, 15) is 9.50 Å². The summed E-state index contributed by atoms with van der Waals surface area (Å²) in [6.07, 6.45) is 4.60. The Morgan fingerprint density at radius 2 is 1.78 bits per heavy atom. The van der Waals surface area contributed by atoms with Crippen molar-refractivity contribution in [2.45, 2.75) is 51.6 Å². The molecule has 0 heterocycles. The predicted octanol–water partition coefficient (Wildman–Crippen LogP) is 3.95. The van der Waals surface area contributed by atoms with Crippen molar-refractivity contribution in [2.75, 3.05) is 0 Å². The fourth-order valence-electron chi connectivity index (χ4n) is 3.00. The number of aliphatic hydroxyl groups is 1. The zero-order chi connectivity index (χ0) is 13.2. The summed E-state index contributed by atoms with van der Waals surface area (Å²) in [6.45, 7) is 4.52. The van der Waals surface area contributed by atoms with E-state index < -0.39 is 5.60 Å². The van der Waals surface area contributed by atoms with Crippen molar-refractivity contribution in [1.29, 1.82) is 0 Å². The minimum atomic E-state index is -0.580. The molecule has 0 spiro atoms. The first-order valence-corrected chi connectivity index (χ1v) is 6.95. The lowest BCUT2D eigenvalue weighted by Crippen LogP contribution is -2.37. The lowest BCUT2D eigenvalue weighted by molar-refractivity contribution is -0.0146. The summed E-state index contributed by atoms with van der Waals surface area (Å²) < 4.78 is 12.8. The normalized spacial score (nSPS) is 28.6. The third kappa shape index (κ3) is 3.32. The summed E-state index contributed by atoms with van der Waals surface area (Å²) in [4.78, 5) is 0. The second-order valence-corrected chi connectivity index (χ2v) is 6.11. The van der Waals surface area contributed by atoms with Crippen LogP contribution < -0.4 is 0 Å². The summed E-state index contributed by atoms with van der Waals surface area (Å²) in [5.74, 6) is 1.24. The van der Waals surface area contributed by atoms with Gasteiger partial charge in [0.1, 0.15) is 5.82 Å². The van der Waals surface area contributed by atoms with Gasteiger partial charge in [-0.1, -0.05) is 26.0 Å². The fraction of sp³-hybridized carbons (Fsp3) is 0.625. The van der Waals surface area contributed by atoms with Crippen LogP contribution in [0.2, 0.25) is 0 Å². The number of hydrogen-bond donors (Lipinski definition) is 1. The van der Waals surface area contributed by atoms with E-state index in [1.54, 1.807) is 12.1 Å². The molecular formula is C16H23FO. The molecule has 1 fully saturated rings. The van der Waals surface area contributed by atoms with Crippen LogP contribution in [0.4, 0.5) is 4.39 Å². The average molecular weight is 250 g/mol. The van der Waals surface area contributed by atoms with Crippen molar-refractivity contribution < 1.29 is 9.50 Å². The Hall–Kier alpha value is -0.890. The molecule has 1 N–H and O–H groups in total. The van der Waals surface area contributed by atoms with Gasteiger partial charge in [0.2, 0.25) is 0 Å². The van der Waals surface area contributed by atoms with E-state index in [4.69, 9.17) is 0 Å². The first-order chi connectivity index (χ1) is 8.48. The maximum atomic E-state index is 12.8. The molecular weight excluding hydrogens is 227 g/mol. The van der Waals surface area contributed by atoms with E-state index in [2.05, 4.69) is 13.8 Å². The summed E-state index contributed by atoms with van der Waals surface area (Å²) in [7, 11) is 0. The molecule has 0 radical (unpaired) electrons. The third-order valence-electron chi connectivity index (χ3n) is 4.35. The summed E-state index contributed by atoms with van der Waals surface area (Å²) in [6, 6.07) is 6.50. The van der Waals surface area contributed by atoms with Gasteiger partial charge in [0.25, 0.3) is 0 Å². The monoisotopic (exact) mass is 250 g/mol. The van der Waals surface area contributed by atoms with E-state index in [1.807, 2.05) is 0 Å². The SMILES string of the molecule is CC(C)C1CCC(O)(Cc2ccc(F)cc2)CC1. The van der Waals surface area contributed by atoms with Gasteiger partial charge in [-0.15, -0.1) is 0 Å². The molecule has 1 saturated carbocycles. The van der Waals surface area contributed by atoms with Gasteiger partial charge in [-0.05, 0) is 55.2 Å². The highest BCUT2D eigenvalue weighted by molar-refractivity contribution is 5.18. The van der Waals surface area contributed by atoms with Gasteiger partial charge in [-0.3, -0.25) is 0 Å². The zero-order valence-corrected chi connectivity index (χ0v) is 11.3. The molecule has 0 bridgehead atoms. The third-order valence-corrected chi connectivity index (χ3v) is 4.35. The van der Waals surface area contributed by atoms with Crippen molar-refractivity contribution in [3.8, 4) is 0 Å². The maximum Gasteiger partial charge on any atom is 0.123 e. The molecule has 18 heavy (non-hydrogen) atoms. The molecule has 0 saturated heterocycles. The molecule has 1 aromatic rings. The van der Waals surface area contributed by atoms with Crippen LogP contribution in [0.5, 0.6) is 0 Å². The highest BCUT2D eigenvalue weighted by Crippen LogP contribution is 2.37. The van der Waals surface area contributed by atoms with Crippen LogP contribution in [-0.2, 0) is 6.42 Å². The van der Waals surface area contributed by atoms with Crippen molar-refractivity contribution >= 4 is 0 Å². The quantitative estimate of drug-likeness (QED) is 0.861. The summed E-state index contributed by atoms with van der Waals surface area (Å²) in [5, 5.41) is 10.6. The topological polar surface area (TPSA) is 20.2 Å². The van der Waals surface area contributed by atoms with Crippen molar-refractivity contribution in [2.24, 2.45) is 11.8 Å². The van der Waals surface area contributed by atoms with Crippen LogP contribution in [0, 0.1) is 17.7 Å². The Labute approximate surface area is 109 Å². The molecule has 1 nitrogen and oxygen atoms in total. The molecule has 1 aliphatic carbocycles. The molecule has 1 aromatic carbocycles. The van der Waals surface area contributed by atoms with Crippen LogP contribution in [0.3, 0.4) is 0 Å². The van der Waals surface area contributed by atoms with E-state index in [0.717, 1.165) is 37.2 Å². The number of benzene rings is 1. The van der Waals surface area contributed by atoms with E-state index >= 15 is 0 Å². The van der Waals surface area contributed by atoms with Gasteiger partial charge in [-0.25, -0.2) is 4.39 Å². The molecule has 2 heteroatoms. The molecule has 2 rings (SSSR count). The average Bonchev–Trinajstić information content (AvgIpc) is 2.32. The molecule has 0 aromatic heterocycles. The van der Waals surface area contributed by atoms with Crippen molar-refractivity contribution in [3.05, 3.63) is 35.6 Å². The van der Waals surface area contributed by atoms with Gasteiger partial charge < -0.3 is 5.11 Å². The molecule has 1 aliphatic rings. The Morgan fingerprint density at radius 1 is 1.22 bits per heavy atom. The lowest BCUT2D eigenvalue weighted by atomic mass is 9.72. The molecule has 0 unspecified atom stereocenters. The van der Waals surface area contributed by atoms with Gasteiger partial charge in [0.05, 0.1) is 5.60 Å². The fourth-order valence-corrected chi connectivity index (χ4v) is 3.00. The second-order valence-electron chi connectivity index (χ2n) is 6.11. The van der Waals surface area contributed by atoms with Gasteiger partial charge in [0.15, 0.2) is 0 Å². The van der Waals surface area contributed by atoms with Gasteiger partial charge in [-0.2, -0.15) is 0 Å². The number of halogens is 1. The summed E-state index contributed by atoms with van der Waals surface area (Å²) >= 11 is 0. The Bertz CT molecular complexity index is 375. The Morgan fingerprint density at radius 3 is 2.28 bits per heavy atom. The van der Waals surface area contributed by atoms with Crippen LogP contribution in [0.15, 0.2) is 24.3 Å². The highest BCUT2D eigenvalue weighted by Gasteiger charge is 2.34. The van der Waals surface area contributed by atoms with Crippen molar-refractivity contribution in [1.82, 2.24) is 0 Å². The Balaban J connectivity index is 1.95. The van der Waals surface area contributed by atoms with Crippen LogP contribution >= 0.6 is 0 Å². The van der Waals surface area contributed by atoms with Crippen molar-refractivity contribution in [3.63, 3.8) is 0 Å². The maximum absolute atomic E-state index is 12.8. The molecule has 0 atom stereocenters. The van der Waals surface area contributed by atoms with Crippen LogP contribution in [0.25, 0.3) is 0 Å². The highest BCUT2D eigenvalue weighted by atomic mass is 19.1. The van der Waals surface area contributed by atoms with Crippen LogP contribution in [-0.4, -0.2) is 10.7 Å². The zero-order valence-electron chi connectivity index (χ0n) is 11.3. The molecule has 100 valence electrons. The number of hydrogen-bond acceptors (Lipinski definition) is 1. The van der Waals surface area contributed by atoms with Gasteiger partial charge in [0, 0.05) is 6.42 Å². The Kier molecular flexibility index (Phi) is 4.06. The van der Waals surface area contributed by atoms with E-state index in [0.29, 0.717) is 12.3 Å². The van der Waals surface area contributed by atoms with Gasteiger partial charge >= 0.3 is 0 Å². The number of rotatable bonds is 3. The lowest BCUT2D eigenvalue weighted by Gasteiger charge is -2.37. The minimum Gasteiger partial charge on any atom is -0.390 e. The summed E-state index contributed by atoms with van der Waals surface area (Å²) in [5.41, 5.74) is 0.449. The largest absolute Gasteiger partial charge is 0.390 e. The minimum absolute atomic E-state index is 0.214. The molecule has 0 aliphatic heterocycles. The first-order valence-electron chi connectivity index (χ1n) is 6.95. The van der Waals surface area contributed by atoms with E-state index in [1.165, 1.54) is 12.1 Å². The standard InChI is InChI=1S/C16H23FO/c1-12(2)14-7-9-16(18,10-8-14)11-13-3-5-15(17)6-4-13/h3-6,12,14,18H,7-11H2,1-2H3.